The number of carbonyl (C=O) groups excluding carboxylic acids is 3. The molecule has 0 fully saturated rings. The molecule has 0 spiro atoms. The molecule has 0 aliphatic rings. The summed E-state index contributed by atoms with van der Waals surface area (Å²) in [5.41, 5.74) is 0. The van der Waals surface area contributed by atoms with E-state index in [1.54, 1.807) is 0 Å². The minimum atomic E-state index is -1.12. The zero-order chi connectivity index (χ0) is 44.2. The van der Waals surface area contributed by atoms with Crippen molar-refractivity contribution < 1.29 is 38.2 Å². The molecule has 0 aromatic heterocycles. The number of carboxylic acids is 1. The number of carbonyl (C=O) groups is 3. The zero-order valence-corrected chi connectivity index (χ0v) is 40.7. The Morgan fingerprint density at radius 3 is 1.03 bits per heavy atom. The van der Waals surface area contributed by atoms with E-state index in [0.29, 0.717) is 12.8 Å². The van der Waals surface area contributed by atoms with Gasteiger partial charge in [-0.1, -0.05) is 232 Å². The minimum absolute atomic E-state index is 0.0498. The van der Waals surface area contributed by atoms with Gasteiger partial charge in [0.05, 0.1) is 40.3 Å². The molecule has 0 heterocycles. The van der Waals surface area contributed by atoms with Gasteiger partial charge in [0.25, 0.3) is 0 Å². The molecule has 356 valence electrons. The minimum Gasteiger partial charge on any atom is -0.544 e. The molecule has 8 nitrogen and oxygen atoms in total. The molecule has 0 saturated heterocycles. The molecule has 2 unspecified atom stereocenters. The predicted molar refractivity (Wildman–Crippen MR) is 250 cm³/mol. The van der Waals surface area contributed by atoms with Gasteiger partial charge in [-0.05, 0) is 12.8 Å². The van der Waals surface area contributed by atoms with Gasteiger partial charge in [-0.15, -0.1) is 0 Å². The monoisotopic (exact) mass is 852 g/mol. The van der Waals surface area contributed by atoms with E-state index in [1.165, 1.54) is 193 Å². The summed E-state index contributed by atoms with van der Waals surface area (Å²) in [5, 5.41) is 11.7. The van der Waals surface area contributed by atoms with Gasteiger partial charge in [-0.2, -0.15) is 0 Å². The average Bonchev–Trinajstić information content (AvgIpc) is 3.21. The highest BCUT2D eigenvalue weighted by atomic mass is 16.6. The molecule has 0 rings (SSSR count). The Hall–Kier alpha value is -1.67. The first kappa shape index (κ1) is 58.3. The number of carboxylic acid groups (broad SMARTS) is 1. The van der Waals surface area contributed by atoms with Crippen LogP contribution in [-0.2, 0) is 28.6 Å². The highest BCUT2D eigenvalue weighted by Gasteiger charge is 2.25. The molecule has 0 aliphatic carbocycles. The third-order valence-corrected chi connectivity index (χ3v) is 12.2. The van der Waals surface area contributed by atoms with E-state index in [0.717, 1.165) is 38.5 Å². The van der Waals surface area contributed by atoms with E-state index in [-0.39, 0.29) is 42.7 Å². The Balaban J connectivity index is 4.17. The molecule has 2 atom stereocenters. The molecule has 0 aromatic rings. The van der Waals surface area contributed by atoms with E-state index in [2.05, 4.69) is 13.8 Å². The second-order valence-electron chi connectivity index (χ2n) is 19.1. The van der Waals surface area contributed by atoms with E-state index >= 15 is 0 Å². The molecule has 0 amide bonds. The van der Waals surface area contributed by atoms with Crippen LogP contribution < -0.4 is 5.11 Å². The number of nitrogens with zero attached hydrogens (tertiary/aromatic N) is 1. The normalized spacial score (nSPS) is 12.8. The number of ether oxygens (including phenoxy) is 3. The number of unbranched alkanes of at least 4 members (excludes halogenated alkanes) is 34. The quantitative estimate of drug-likeness (QED) is 0.0341. The van der Waals surface area contributed by atoms with Crippen LogP contribution in [0.4, 0.5) is 0 Å². The topological polar surface area (TPSA) is 102 Å². The van der Waals surface area contributed by atoms with Crippen LogP contribution in [0.3, 0.4) is 0 Å². The van der Waals surface area contributed by atoms with Crippen molar-refractivity contribution in [3.63, 3.8) is 0 Å². The van der Waals surface area contributed by atoms with Gasteiger partial charge in [0.15, 0.2) is 6.10 Å². The summed E-state index contributed by atoms with van der Waals surface area (Å²) < 4.78 is 17.3. The second-order valence-corrected chi connectivity index (χ2v) is 19.1. The lowest BCUT2D eigenvalue weighted by atomic mass is 10.0. The van der Waals surface area contributed by atoms with Crippen molar-refractivity contribution in [1.82, 2.24) is 0 Å². The van der Waals surface area contributed by atoms with E-state index in [4.69, 9.17) is 14.2 Å². The molecular formula is C52H101NO7. The molecule has 60 heavy (non-hydrogen) atoms. The number of aliphatic carboxylic acids is 1. The summed E-state index contributed by atoms with van der Waals surface area (Å²) in [5.74, 6) is -1.71. The summed E-state index contributed by atoms with van der Waals surface area (Å²) in [7, 11) is 5.43. The predicted octanol–water partition coefficient (Wildman–Crippen LogP) is 13.5. The molecular weight excluding hydrogens is 751 g/mol. The van der Waals surface area contributed by atoms with Crippen molar-refractivity contribution in [2.75, 3.05) is 41.0 Å². The third-order valence-electron chi connectivity index (χ3n) is 12.2. The van der Waals surface area contributed by atoms with Crippen LogP contribution in [0.25, 0.3) is 0 Å². The maximum absolute atomic E-state index is 12.8. The number of hydrogen-bond donors (Lipinski definition) is 0. The lowest BCUT2D eigenvalue weighted by molar-refractivity contribution is -0.889. The highest BCUT2D eigenvalue weighted by Crippen LogP contribution is 2.17. The van der Waals surface area contributed by atoms with Crippen LogP contribution in [0.1, 0.15) is 264 Å². The first-order chi connectivity index (χ1) is 29.1. The fourth-order valence-corrected chi connectivity index (χ4v) is 8.19. The van der Waals surface area contributed by atoms with Crippen molar-refractivity contribution in [2.45, 2.75) is 276 Å². The van der Waals surface area contributed by atoms with Crippen molar-refractivity contribution in [2.24, 2.45) is 0 Å². The molecule has 0 saturated carbocycles. The van der Waals surface area contributed by atoms with Crippen LogP contribution >= 0.6 is 0 Å². The zero-order valence-electron chi connectivity index (χ0n) is 40.7. The van der Waals surface area contributed by atoms with E-state index in [9.17, 15) is 19.5 Å². The first-order valence-electron chi connectivity index (χ1n) is 26.1. The van der Waals surface area contributed by atoms with Gasteiger partial charge < -0.3 is 28.6 Å². The maximum atomic E-state index is 12.8. The van der Waals surface area contributed by atoms with Gasteiger partial charge in [0, 0.05) is 19.3 Å². The van der Waals surface area contributed by atoms with Crippen LogP contribution in [-0.4, -0.2) is 75.5 Å². The number of esters is 2. The lowest BCUT2D eigenvalue weighted by Gasteiger charge is -2.34. The van der Waals surface area contributed by atoms with Crippen LogP contribution in [0.5, 0.6) is 0 Å². The Labute approximate surface area is 372 Å². The summed E-state index contributed by atoms with van der Waals surface area (Å²) in [6, 6.07) is -0.720. The maximum Gasteiger partial charge on any atom is 0.306 e. The van der Waals surface area contributed by atoms with Gasteiger partial charge in [-0.3, -0.25) is 9.59 Å². The fraction of sp³-hybridized carbons (Fsp3) is 0.942. The number of likely N-dealkylation sites (N-methyl/N-ethyl adjacent to an activating group) is 1. The van der Waals surface area contributed by atoms with Gasteiger partial charge in [0.1, 0.15) is 12.6 Å². The lowest BCUT2D eigenvalue weighted by Crippen LogP contribution is -2.55. The molecule has 0 N–H and O–H groups in total. The molecule has 0 bridgehead atoms. The Kier molecular flexibility index (Phi) is 42.7. The van der Waals surface area contributed by atoms with Gasteiger partial charge in [0.2, 0.25) is 0 Å². The van der Waals surface area contributed by atoms with Crippen molar-refractivity contribution >= 4 is 17.9 Å². The second kappa shape index (κ2) is 44.0. The Bertz CT molecular complexity index is 951. The highest BCUT2D eigenvalue weighted by molar-refractivity contribution is 5.70. The smallest absolute Gasteiger partial charge is 0.306 e. The van der Waals surface area contributed by atoms with Crippen LogP contribution in [0.15, 0.2) is 0 Å². The molecule has 8 heteroatoms. The van der Waals surface area contributed by atoms with E-state index in [1.807, 2.05) is 21.1 Å². The molecule has 0 aromatic carbocycles. The van der Waals surface area contributed by atoms with Crippen LogP contribution in [0.2, 0.25) is 0 Å². The summed E-state index contributed by atoms with van der Waals surface area (Å²) in [6.45, 7) is 4.72. The van der Waals surface area contributed by atoms with Crippen molar-refractivity contribution in [3.05, 3.63) is 0 Å². The molecule has 0 radical (unpaired) electrons. The number of hydrogen-bond acceptors (Lipinski definition) is 7. The number of quaternary nitrogens is 1. The largest absolute Gasteiger partial charge is 0.544 e. The number of rotatable bonds is 48. The van der Waals surface area contributed by atoms with Crippen molar-refractivity contribution in [1.29, 1.82) is 0 Å². The first-order valence-corrected chi connectivity index (χ1v) is 26.1. The van der Waals surface area contributed by atoms with Gasteiger partial charge in [-0.25, -0.2) is 0 Å². The fourth-order valence-electron chi connectivity index (χ4n) is 8.19. The standard InChI is InChI=1S/C52H101NO7/c1-6-8-10-12-14-16-18-20-22-23-24-25-26-27-29-31-33-35-37-39-41-43-51(55)60-48(46-58-45-44-49(52(56)57)53(3,4)5)47-59-50(54)42-40-38-36-34-32-30-28-21-19-17-15-13-11-9-7-2/h48-49H,6-47H2,1-5H3. The van der Waals surface area contributed by atoms with Crippen molar-refractivity contribution in [3.8, 4) is 0 Å². The summed E-state index contributed by atoms with van der Waals surface area (Å²) in [4.78, 5) is 37.0. The molecule has 0 aliphatic heterocycles. The summed E-state index contributed by atoms with van der Waals surface area (Å²) >= 11 is 0. The van der Waals surface area contributed by atoms with Crippen LogP contribution in [0, 0.1) is 0 Å². The van der Waals surface area contributed by atoms with E-state index < -0.39 is 18.1 Å². The average molecular weight is 852 g/mol. The summed E-state index contributed by atoms with van der Waals surface area (Å²) in [6.07, 6.45) is 47.0. The Morgan fingerprint density at radius 2 is 0.733 bits per heavy atom. The third kappa shape index (κ3) is 41.7. The SMILES string of the molecule is CCCCCCCCCCCCCCCCCCCCCCCC(=O)OC(COCCC(C(=O)[O-])[N+](C)(C)C)COC(=O)CCCCCCCCCCCCCCCCC. The van der Waals surface area contributed by atoms with Gasteiger partial charge >= 0.3 is 11.9 Å². The Morgan fingerprint density at radius 1 is 0.433 bits per heavy atom.